The number of aromatic amines is 1. The molecule has 0 fully saturated rings. The summed E-state index contributed by atoms with van der Waals surface area (Å²) in [4.78, 5) is 15.1. The minimum absolute atomic E-state index is 0.342. The third-order valence-electron chi connectivity index (χ3n) is 2.58. The number of halogens is 3. The Morgan fingerprint density at radius 2 is 1.95 bits per heavy atom. The van der Waals surface area contributed by atoms with E-state index in [9.17, 15) is 18.0 Å². The van der Waals surface area contributed by atoms with Crippen molar-refractivity contribution in [2.75, 3.05) is 19.4 Å². The molecule has 0 radical (unpaired) electrons. The van der Waals surface area contributed by atoms with Gasteiger partial charge < -0.3 is 15.2 Å². The third-order valence-corrected chi connectivity index (χ3v) is 2.58. The molecule has 0 saturated heterocycles. The predicted molar refractivity (Wildman–Crippen MR) is 66.0 cm³/mol. The number of aromatic nitrogens is 1. The van der Waals surface area contributed by atoms with Gasteiger partial charge in [-0.1, -0.05) is 0 Å². The monoisotopic (exact) mass is 271 g/mol. The summed E-state index contributed by atoms with van der Waals surface area (Å²) in [5, 5.41) is 2.97. The molecule has 7 heteroatoms. The van der Waals surface area contributed by atoms with Crippen LogP contribution in [0.1, 0.15) is 5.69 Å². The van der Waals surface area contributed by atoms with E-state index in [-0.39, 0.29) is 6.03 Å². The van der Waals surface area contributed by atoms with Gasteiger partial charge in [-0.3, -0.25) is 0 Å². The Morgan fingerprint density at radius 3 is 2.53 bits per heavy atom. The Hall–Kier alpha value is -2.18. The quantitative estimate of drug-likeness (QED) is 0.821. The highest BCUT2D eigenvalue weighted by Crippen LogP contribution is 2.31. The SMILES string of the molecule is CN(C)C(=O)Nc1ccc2[nH]c(C(F)(F)F)cc2c1. The maximum atomic E-state index is 12.5. The van der Waals surface area contributed by atoms with Crippen LogP contribution in [0.2, 0.25) is 0 Å². The number of carbonyl (C=O) groups is 1. The molecule has 0 bridgehead atoms. The maximum absolute atomic E-state index is 12.5. The number of rotatable bonds is 1. The molecular weight excluding hydrogens is 259 g/mol. The molecule has 0 aliphatic heterocycles. The average molecular weight is 271 g/mol. The first-order valence-electron chi connectivity index (χ1n) is 5.45. The van der Waals surface area contributed by atoms with Gasteiger partial charge in [0, 0.05) is 30.7 Å². The number of urea groups is 1. The fraction of sp³-hybridized carbons (Fsp3) is 0.250. The second kappa shape index (κ2) is 4.49. The molecule has 1 aromatic carbocycles. The molecule has 102 valence electrons. The Morgan fingerprint density at radius 1 is 1.26 bits per heavy atom. The summed E-state index contributed by atoms with van der Waals surface area (Å²) in [5.74, 6) is 0. The van der Waals surface area contributed by atoms with Crippen LogP contribution in [0.5, 0.6) is 0 Å². The number of nitrogens with zero attached hydrogens (tertiary/aromatic N) is 1. The highest BCUT2D eigenvalue weighted by Gasteiger charge is 2.32. The molecule has 1 heterocycles. The molecule has 0 aliphatic carbocycles. The van der Waals surface area contributed by atoms with Crippen molar-refractivity contribution in [3.63, 3.8) is 0 Å². The normalized spacial score (nSPS) is 11.6. The van der Waals surface area contributed by atoms with Crippen LogP contribution >= 0.6 is 0 Å². The molecule has 0 spiro atoms. The van der Waals surface area contributed by atoms with E-state index in [2.05, 4.69) is 10.3 Å². The van der Waals surface area contributed by atoms with Gasteiger partial charge in [0.15, 0.2) is 0 Å². The molecule has 0 unspecified atom stereocenters. The Bertz CT molecular complexity index is 616. The molecule has 1 aromatic heterocycles. The number of H-pyrrole nitrogens is 1. The van der Waals surface area contributed by atoms with E-state index in [0.717, 1.165) is 6.07 Å². The maximum Gasteiger partial charge on any atom is 0.431 e. The van der Waals surface area contributed by atoms with Crippen molar-refractivity contribution in [3.8, 4) is 0 Å². The van der Waals surface area contributed by atoms with Crippen molar-refractivity contribution in [3.05, 3.63) is 30.0 Å². The van der Waals surface area contributed by atoms with Gasteiger partial charge >= 0.3 is 12.2 Å². The predicted octanol–water partition coefficient (Wildman–Crippen LogP) is 3.28. The van der Waals surface area contributed by atoms with E-state index in [1.165, 1.54) is 17.0 Å². The number of nitrogens with one attached hydrogen (secondary N) is 2. The summed E-state index contributed by atoms with van der Waals surface area (Å²) < 4.78 is 37.6. The third kappa shape index (κ3) is 2.81. The number of anilines is 1. The van der Waals surface area contributed by atoms with Gasteiger partial charge in [0.1, 0.15) is 5.69 Å². The summed E-state index contributed by atoms with van der Waals surface area (Å²) in [5.41, 5.74) is 0.00712. The standard InChI is InChI=1S/C12H12F3N3O/c1-18(2)11(19)16-8-3-4-9-7(5-8)6-10(17-9)12(13,14)15/h3-6,17H,1-2H3,(H,16,19). The van der Waals surface area contributed by atoms with E-state index < -0.39 is 11.9 Å². The smallest absolute Gasteiger partial charge is 0.351 e. The highest BCUT2D eigenvalue weighted by atomic mass is 19.4. The zero-order valence-corrected chi connectivity index (χ0v) is 10.3. The number of amides is 2. The number of benzene rings is 1. The topological polar surface area (TPSA) is 48.1 Å². The molecule has 0 atom stereocenters. The Kier molecular flexibility index (Phi) is 3.13. The first kappa shape index (κ1) is 13.3. The lowest BCUT2D eigenvalue weighted by atomic mass is 10.2. The molecule has 2 N–H and O–H groups in total. The van der Waals surface area contributed by atoms with Crippen molar-refractivity contribution in [1.29, 1.82) is 0 Å². The number of hydrogen-bond donors (Lipinski definition) is 2. The van der Waals surface area contributed by atoms with Crippen molar-refractivity contribution in [2.24, 2.45) is 0 Å². The summed E-state index contributed by atoms with van der Waals surface area (Å²) in [7, 11) is 3.15. The first-order valence-corrected chi connectivity index (χ1v) is 5.45. The van der Waals surface area contributed by atoms with Crippen LogP contribution in [0.25, 0.3) is 10.9 Å². The van der Waals surface area contributed by atoms with Gasteiger partial charge in [0.05, 0.1) is 0 Å². The summed E-state index contributed by atoms with van der Waals surface area (Å²) in [6.45, 7) is 0. The molecule has 0 saturated carbocycles. The average Bonchev–Trinajstić information content (AvgIpc) is 2.71. The van der Waals surface area contributed by atoms with E-state index in [0.29, 0.717) is 16.6 Å². The van der Waals surface area contributed by atoms with Crippen LogP contribution in [0, 0.1) is 0 Å². The van der Waals surface area contributed by atoms with Crippen molar-refractivity contribution < 1.29 is 18.0 Å². The van der Waals surface area contributed by atoms with Crippen LogP contribution in [0.4, 0.5) is 23.7 Å². The zero-order chi connectivity index (χ0) is 14.2. The molecule has 4 nitrogen and oxygen atoms in total. The number of fused-ring (bicyclic) bond motifs is 1. The lowest BCUT2D eigenvalue weighted by Crippen LogP contribution is -2.27. The molecular formula is C12H12F3N3O. The van der Waals surface area contributed by atoms with Gasteiger partial charge in [0.25, 0.3) is 0 Å². The van der Waals surface area contributed by atoms with E-state index in [1.807, 2.05) is 0 Å². The molecule has 2 amide bonds. The van der Waals surface area contributed by atoms with Gasteiger partial charge in [-0.2, -0.15) is 13.2 Å². The van der Waals surface area contributed by atoms with Gasteiger partial charge in [-0.05, 0) is 24.3 Å². The fourth-order valence-corrected chi connectivity index (χ4v) is 1.60. The first-order chi connectivity index (χ1) is 8.77. The van der Waals surface area contributed by atoms with E-state index >= 15 is 0 Å². The molecule has 2 aromatic rings. The Balaban J connectivity index is 2.33. The fourth-order valence-electron chi connectivity index (χ4n) is 1.60. The number of alkyl halides is 3. The van der Waals surface area contributed by atoms with Crippen LogP contribution in [0.15, 0.2) is 24.3 Å². The highest BCUT2D eigenvalue weighted by molar-refractivity contribution is 5.92. The lowest BCUT2D eigenvalue weighted by Gasteiger charge is -2.11. The van der Waals surface area contributed by atoms with Gasteiger partial charge in [-0.25, -0.2) is 4.79 Å². The van der Waals surface area contributed by atoms with Crippen molar-refractivity contribution in [2.45, 2.75) is 6.18 Å². The summed E-state index contributed by atoms with van der Waals surface area (Å²) in [6.07, 6.45) is -4.41. The Labute approximate surface area is 107 Å². The second-order valence-electron chi connectivity index (χ2n) is 4.31. The van der Waals surface area contributed by atoms with Gasteiger partial charge in [0.2, 0.25) is 0 Å². The number of hydrogen-bond acceptors (Lipinski definition) is 1. The summed E-state index contributed by atoms with van der Waals surface area (Å²) >= 11 is 0. The van der Waals surface area contributed by atoms with Crippen LogP contribution in [-0.4, -0.2) is 30.0 Å². The molecule has 19 heavy (non-hydrogen) atoms. The molecule has 0 aliphatic rings. The van der Waals surface area contributed by atoms with Crippen LogP contribution in [0.3, 0.4) is 0 Å². The molecule has 2 rings (SSSR count). The lowest BCUT2D eigenvalue weighted by molar-refractivity contribution is -0.140. The largest absolute Gasteiger partial charge is 0.431 e. The van der Waals surface area contributed by atoms with Crippen molar-refractivity contribution >= 4 is 22.6 Å². The van der Waals surface area contributed by atoms with Crippen molar-refractivity contribution in [1.82, 2.24) is 9.88 Å². The van der Waals surface area contributed by atoms with Gasteiger partial charge in [-0.15, -0.1) is 0 Å². The zero-order valence-electron chi connectivity index (χ0n) is 10.3. The van der Waals surface area contributed by atoms with Crippen LogP contribution in [-0.2, 0) is 6.18 Å². The minimum atomic E-state index is -4.41. The summed E-state index contributed by atoms with van der Waals surface area (Å²) in [6, 6.07) is 5.20. The van der Waals surface area contributed by atoms with E-state index in [1.54, 1.807) is 20.2 Å². The van der Waals surface area contributed by atoms with Crippen LogP contribution < -0.4 is 5.32 Å². The number of carbonyl (C=O) groups excluding carboxylic acids is 1. The van der Waals surface area contributed by atoms with E-state index in [4.69, 9.17) is 0 Å². The second-order valence-corrected chi connectivity index (χ2v) is 4.31. The minimum Gasteiger partial charge on any atom is -0.351 e.